The van der Waals surface area contributed by atoms with Crippen LogP contribution in [0.5, 0.6) is 5.75 Å². The maximum absolute atomic E-state index is 10.3. The van der Waals surface area contributed by atoms with Gasteiger partial charge >= 0.3 is 0 Å². The fourth-order valence-corrected chi connectivity index (χ4v) is 2.09. The van der Waals surface area contributed by atoms with E-state index in [4.69, 9.17) is 4.74 Å². The van der Waals surface area contributed by atoms with Gasteiger partial charge in [0.15, 0.2) is 5.75 Å². The van der Waals surface area contributed by atoms with E-state index in [9.17, 15) is 5.11 Å². The summed E-state index contributed by atoms with van der Waals surface area (Å²) in [4.78, 5) is 4.25. The monoisotopic (exact) mass is 261 g/mol. The van der Waals surface area contributed by atoms with Gasteiger partial charge in [-0.3, -0.25) is 9.67 Å². The number of aryl methyl sites for hydroxylation is 2. The molecule has 2 aromatic rings. The Morgan fingerprint density at radius 1 is 1.42 bits per heavy atom. The van der Waals surface area contributed by atoms with Gasteiger partial charge in [-0.15, -0.1) is 0 Å². The van der Waals surface area contributed by atoms with Crippen molar-refractivity contribution in [3.05, 3.63) is 42.0 Å². The maximum Gasteiger partial charge on any atom is 0.162 e. The first-order valence-electron chi connectivity index (χ1n) is 6.44. The minimum atomic E-state index is -0.598. The summed E-state index contributed by atoms with van der Waals surface area (Å²) in [6.45, 7) is 2.70. The Labute approximate surface area is 112 Å². The molecule has 0 saturated heterocycles. The molecule has 0 aliphatic carbocycles. The fourth-order valence-electron chi connectivity index (χ4n) is 2.09. The first-order chi connectivity index (χ1) is 9.26. The highest BCUT2D eigenvalue weighted by molar-refractivity contribution is 5.27. The van der Waals surface area contributed by atoms with Crippen molar-refractivity contribution < 1.29 is 9.84 Å². The Hall–Kier alpha value is -1.88. The van der Waals surface area contributed by atoms with Gasteiger partial charge in [-0.2, -0.15) is 5.10 Å². The summed E-state index contributed by atoms with van der Waals surface area (Å²) in [5.74, 6) is 0.635. The number of pyridine rings is 1. The molecule has 0 radical (unpaired) electrons. The summed E-state index contributed by atoms with van der Waals surface area (Å²) in [6, 6.07) is 5.79. The lowest BCUT2D eigenvalue weighted by Gasteiger charge is -2.13. The SMILES string of the molecule is CCn1ncc(OC)c1C(O)CCc1ccccn1. The third-order valence-electron chi connectivity index (χ3n) is 3.08. The summed E-state index contributed by atoms with van der Waals surface area (Å²) < 4.78 is 7.01. The van der Waals surface area contributed by atoms with Crippen molar-refractivity contribution in [2.75, 3.05) is 7.11 Å². The predicted octanol–water partition coefficient (Wildman–Crippen LogP) is 1.97. The van der Waals surface area contributed by atoms with Gasteiger partial charge < -0.3 is 9.84 Å². The summed E-state index contributed by atoms with van der Waals surface area (Å²) in [5.41, 5.74) is 1.71. The minimum Gasteiger partial charge on any atom is -0.493 e. The van der Waals surface area contributed by atoms with Gasteiger partial charge in [0, 0.05) is 18.4 Å². The number of ether oxygens (including phenoxy) is 1. The van der Waals surface area contributed by atoms with Crippen molar-refractivity contribution in [2.45, 2.75) is 32.4 Å². The molecule has 102 valence electrons. The molecule has 0 amide bonds. The molecular formula is C14H19N3O2. The van der Waals surface area contributed by atoms with Crippen LogP contribution in [0.3, 0.4) is 0 Å². The zero-order valence-electron chi connectivity index (χ0n) is 11.3. The first-order valence-corrected chi connectivity index (χ1v) is 6.44. The van der Waals surface area contributed by atoms with E-state index in [1.165, 1.54) is 0 Å². The van der Waals surface area contributed by atoms with Crippen molar-refractivity contribution in [3.8, 4) is 5.75 Å². The molecule has 0 aromatic carbocycles. The van der Waals surface area contributed by atoms with Crippen molar-refractivity contribution >= 4 is 0 Å². The Morgan fingerprint density at radius 2 is 2.26 bits per heavy atom. The molecule has 0 bridgehead atoms. The van der Waals surface area contributed by atoms with Gasteiger partial charge in [0.05, 0.1) is 19.4 Å². The van der Waals surface area contributed by atoms with Gasteiger partial charge in [0.25, 0.3) is 0 Å². The van der Waals surface area contributed by atoms with Gasteiger partial charge in [0.1, 0.15) is 5.69 Å². The van der Waals surface area contributed by atoms with E-state index in [0.29, 0.717) is 18.7 Å². The third-order valence-corrected chi connectivity index (χ3v) is 3.08. The average molecular weight is 261 g/mol. The van der Waals surface area contributed by atoms with Crippen LogP contribution in [0.4, 0.5) is 0 Å². The van der Waals surface area contributed by atoms with Crippen LogP contribution in [0, 0.1) is 0 Å². The molecule has 0 spiro atoms. The molecule has 19 heavy (non-hydrogen) atoms. The van der Waals surface area contributed by atoms with Crippen LogP contribution in [0.25, 0.3) is 0 Å². The molecule has 2 heterocycles. The number of hydrogen-bond donors (Lipinski definition) is 1. The Balaban J connectivity index is 2.07. The summed E-state index contributed by atoms with van der Waals surface area (Å²) in [7, 11) is 1.59. The molecular weight excluding hydrogens is 242 g/mol. The molecule has 5 heteroatoms. The van der Waals surface area contributed by atoms with E-state index in [2.05, 4.69) is 10.1 Å². The van der Waals surface area contributed by atoms with Crippen LogP contribution in [-0.2, 0) is 13.0 Å². The highest BCUT2D eigenvalue weighted by Crippen LogP contribution is 2.27. The molecule has 1 atom stereocenters. The second kappa shape index (κ2) is 6.33. The predicted molar refractivity (Wildman–Crippen MR) is 72.0 cm³/mol. The van der Waals surface area contributed by atoms with E-state index in [1.807, 2.05) is 25.1 Å². The first kappa shape index (κ1) is 13.5. The number of hydrogen-bond acceptors (Lipinski definition) is 4. The highest BCUT2D eigenvalue weighted by Gasteiger charge is 2.19. The maximum atomic E-state index is 10.3. The summed E-state index contributed by atoms with van der Waals surface area (Å²) in [5, 5.41) is 14.5. The lowest BCUT2D eigenvalue weighted by atomic mass is 10.1. The van der Waals surface area contributed by atoms with E-state index in [-0.39, 0.29) is 0 Å². The smallest absolute Gasteiger partial charge is 0.162 e. The normalized spacial score (nSPS) is 12.4. The molecule has 0 fully saturated rings. The number of aliphatic hydroxyl groups excluding tert-OH is 1. The van der Waals surface area contributed by atoms with Crippen LogP contribution < -0.4 is 4.74 Å². The number of nitrogens with zero attached hydrogens (tertiary/aromatic N) is 3. The second-order valence-electron chi connectivity index (χ2n) is 4.29. The summed E-state index contributed by atoms with van der Waals surface area (Å²) in [6.07, 6.45) is 4.12. The van der Waals surface area contributed by atoms with E-state index >= 15 is 0 Å². The summed E-state index contributed by atoms with van der Waals surface area (Å²) >= 11 is 0. The minimum absolute atomic E-state index is 0.596. The largest absolute Gasteiger partial charge is 0.493 e. The van der Waals surface area contributed by atoms with Crippen molar-refractivity contribution in [1.82, 2.24) is 14.8 Å². The van der Waals surface area contributed by atoms with Crippen LogP contribution in [0.2, 0.25) is 0 Å². The van der Waals surface area contributed by atoms with Crippen LogP contribution in [0.15, 0.2) is 30.6 Å². The quantitative estimate of drug-likeness (QED) is 0.863. The number of methoxy groups -OCH3 is 1. The zero-order chi connectivity index (χ0) is 13.7. The molecule has 0 aliphatic heterocycles. The third kappa shape index (κ3) is 3.12. The number of aromatic nitrogens is 3. The molecule has 2 rings (SSSR count). The fraction of sp³-hybridized carbons (Fsp3) is 0.429. The number of aliphatic hydroxyl groups is 1. The molecule has 2 aromatic heterocycles. The average Bonchev–Trinajstić information content (AvgIpc) is 2.89. The van der Waals surface area contributed by atoms with Crippen molar-refractivity contribution in [2.24, 2.45) is 0 Å². The molecule has 0 saturated carbocycles. The van der Waals surface area contributed by atoms with Gasteiger partial charge in [-0.05, 0) is 31.9 Å². The van der Waals surface area contributed by atoms with E-state index in [0.717, 1.165) is 17.8 Å². The van der Waals surface area contributed by atoms with Gasteiger partial charge in [0.2, 0.25) is 0 Å². The van der Waals surface area contributed by atoms with Crippen LogP contribution in [0.1, 0.15) is 30.8 Å². The lowest BCUT2D eigenvalue weighted by molar-refractivity contribution is 0.152. The van der Waals surface area contributed by atoms with Crippen molar-refractivity contribution in [3.63, 3.8) is 0 Å². The zero-order valence-corrected chi connectivity index (χ0v) is 11.3. The highest BCUT2D eigenvalue weighted by atomic mass is 16.5. The van der Waals surface area contributed by atoms with E-state index < -0.39 is 6.10 Å². The molecule has 0 aliphatic rings. The van der Waals surface area contributed by atoms with Gasteiger partial charge in [-0.1, -0.05) is 6.07 Å². The second-order valence-corrected chi connectivity index (χ2v) is 4.29. The lowest BCUT2D eigenvalue weighted by Crippen LogP contribution is -2.10. The Kier molecular flexibility index (Phi) is 4.52. The van der Waals surface area contributed by atoms with Crippen LogP contribution >= 0.6 is 0 Å². The number of rotatable bonds is 6. The Morgan fingerprint density at radius 3 is 2.89 bits per heavy atom. The topological polar surface area (TPSA) is 60.2 Å². The molecule has 1 N–H and O–H groups in total. The Bertz CT molecular complexity index is 489. The van der Waals surface area contributed by atoms with E-state index in [1.54, 1.807) is 24.2 Å². The van der Waals surface area contributed by atoms with Crippen LogP contribution in [-0.4, -0.2) is 27.0 Å². The molecule has 1 unspecified atom stereocenters. The van der Waals surface area contributed by atoms with Crippen molar-refractivity contribution in [1.29, 1.82) is 0 Å². The molecule has 5 nitrogen and oxygen atoms in total. The van der Waals surface area contributed by atoms with Gasteiger partial charge in [-0.25, -0.2) is 0 Å². The standard InChI is InChI=1S/C14H19N3O2/c1-3-17-14(13(19-2)10-16-17)12(18)8-7-11-6-4-5-9-15-11/h4-6,9-10,12,18H,3,7-8H2,1-2H3.